The first-order valence-corrected chi connectivity index (χ1v) is 10.4. The van der Waals surface area contributed by atoms with E-state index >= 15 is 0 Å². The summed E-state index contributed by atoms with van der Waals surface area (Å²) < 4.78 is 5.25. The fourth-order valence-corrected chi connectivity index (χ4v) is 3.75. The summed E-state index contributed by atoms with van der Waals surface area (Å²) in [7, 11) is 0. The molecule has 4 aromatic rings. The highest BCUT2D eigenvalue weighted by Gasteiger charge is 2.23. The van der Waals surface area contributed by atoms with E-state index in [9.17, 15) is 4.79 Å². The minimum absolute atomic E-state index is 0.187. The number of hydrogen-bond acceptors (Lipinski definition) is 6. The lowest BCUT2D eigenvalue weighted by atomic mass is 10.1. The van der Waals surface area contributed by atoms with Crippen LogP contribution in [0, 0.1) is 13.8 Å². The molecule has 0 unspecified atom stereocenters. The van der Waals surface area contributed by atoms with Crippen LogP contribution in [0.15, 0.2) is 34.9 Å². The molecular weight excluding hydrogens is 374 g/mol. The lowest BCUT2D eigenvalue weighted by Gasteiger charge is -2.17. The average Bonchev–Trinajstić information content (AvgIpc) is 3.28. The van der Waals surface area contributed by atoms with E-state index < -0.39 is 0 Å². The number of pyridine rings is 1. The molecule has 0 radical (unpaired) electrons. The molecule has 28 heavy (non-hydrogen) atoms. The molecule has 3 aromatic heterocycles. The van der Waals surface area contributed by atoms with Crippen LogP contribution in [0.1, 0.15) is 40.0 Å². The van der Waals surface area contributed by atoms with Crippen molar-refractivity contribution in [2.45, 2.75) is 26.3 Å². The SMILES string of the molecule is CSCC[C@@H](NC(=O)c1cc(C)nc2onc(C)c12)c1nc2ccccc2[nH]1. The molecule has 2 N–H and O–H groups in total. The number of rotatable bonds is 6. The van der Waals surface area contributed by atoms with E-state index in [4.69, 9.17) is 4.52 Å². The van der Waals surface area contributed by atoms with Crippen molar-refractivity contribution >= 4 is 39.8 Å². The summed E-state index contributed by atoms with van der Waals surface area (Å²) in [5.74, 6) is 1.47. The number of carbonyl (C=O) groups is 1. The number of hydrogen-bond donors (Lipinski definition) is 2. The molecule has 1 aromatic carbocycles. The predicted molar refractivity (Wildman–Crippen MR) is 111 cm³/mol. The number of benzene rings is 1. The van der Waals surface area contributed by atoms with Crippen molar-refractivity contribution in [3.8, 4) is 0 Å². The molecular formula is C20H21N5O2S. The first-order chi connectivity index (χ1) is 13.6. The van der Waals surface area contributed by atoms with E-state index in [1.165, 1.54) is 0 Å². The predicted octanol–water partition coefficient (Wildman–Crippen LogP) is 3.94. The zero-order chi connectivity index (χ0) is 19.7. The number of thioether (sulfide) groups is 1. The van der Waals surface area contributed by atoms with Crippen LogP contribution in [-0.4, -0.2) is 38.0 Å². The van der Waals surface area contributed by atoms with Gasteiger partial charge in [-0.2, -0.15) is 11.8 Å². The maximum Gasteiger partial charge on any atom is 0.258 e. The second-order valence-corrected chi connectivity index (χ2v) is 7.69. The molecule has 7 nitrogen and oxygen atoms in total. The Balaban J connectivity index is 1.69. The Morgan fingerprint density at radius 2 is 2.11 bits per heavy atom. The van der Waals surface area contributed by atoms with Crippen LogP contribution in [0.5, 0.6) is 0 Å². The number of nitrogens with one attached hydrogen (secondary N) is 2. The highest BCUT2D eigenvalue weighted by atomic mass is 32.2. The molecule has 1 atom stereocenters. The lowest BCUT2D eigenvalue weighted by Crippen LogP contribution is -2.30. The number of imidazole rings is 1. The third-order valence-corrected chi connectivity index (χ3v) is 5.29. The third kappa shape index (κ3) is 3.47. The van der Waals surface area contributed by atoms with E-state index in [1.807, 2.05) is 44.4 Å². The molecule has 4 rings (SSSR count). The number of para-hydroxylation sites is 2. The Bertz CT molecular complexity index is 1120. The second kappa shape index (κ2) is 7.63. The fraction of sp³-hybridized carbons (Fsp3) is 0.300. The quantitative estimate of drug-likeness (QED) is 0.513. The van der Waals surface area contributed by atoms with Gasteiger partial charge in [-0.3, -0.25) is 4.79 Å². The van der Waals surface area contributed by atoms with Gasteiger partial charge >= 0.3 is 0 Å². The molecule has 0 bridgehead atoms. The first kappa shape index (κ1) is 18.5. The van der Waals surface area contributed by atoms with Gasteiger partial charge in [0.25, 0.3) is 11.6 Å². The topological polar surface area (TPSA) is 96.7 Å². The fourth-order valence-electron chi connectivity index (χ4n) is 3.28. The van der Waals surface area contributed by atoms with Crippen molar-refractivity contribution in [2.24, 2.45) is 0 Å². The maximum atomic E-state index is 13.2. The Morgan fingerprint density at radius 1 is 1.29 bits per heavy atom. The van der Waals surface area contributed by atoms with Gasteiger partial charge in [0.2, 0.25) is 0 Å². The Hall–Kier alpha value is -2.87. The molecule has 0 saturated carbocycles. The number of aryl methyl sites for hydroxylation is 2. The van der Waals surface area contributed by atoms with Crippen molar-refractivity contribution in [1.29, 1.82) is 0 Å². The van der Waals surface area contributed by atoms with Gasteiger partial charge < -0.3 is 14.8 Å². The van der Waals surface area contributed by atoms with Gasteiger partial charge in [-0.15, -0.1) is 0 Å². The number of nitrogens with zero attached hydrogens (tertiary/aromatic N) is 3. The van der Waals surface area contributed by atoms with Gasteiger partial charge in [0.05, 0.1) is 33.7 Å². The molecule has 144 valence electrons. The molecule has 0 fully saturated rings. The normalized spacial score (nSPS) is 12.5. The van der Waals surface area contributed by atoms with E-state index in [0.29, 0.717) is 28.1 Å². The van der Waals surface area contributed by atoms with Crippen LogP contribution < -0.4 is 5.32 Å². The summed E-state index contributed by atoms with van der Waals surface area (Å²) in [6.07, 6.45) is 2.82. The van der Waals surface area contributed by atoms with Crippen LogP contribution in [0.25, 0.3) is 22.1 Å². The Morgan fingerprint density at radius 3 is 2.89 bits per heavy atom. The van der Waals surface area contributed by atoms with E-state index in [0.717, 1.165) is 29.0 Å². The number of fused-ring (bicyclic) bond motifs is 2. The highest BCUT2D eigenvalue weighted by Crippen LogP contribution is 2.24. The summed E-state index contributed by atoms with van der Waals surface area (Å²) >= 11 is 1.74. The molecule has 0 aliphatic heterocycles. The first-order valence-electron chi connectivity index (χ1n) is 9.05. The zero-order valence-corrected chi connectivity index (χ0v) is 16.8. The highest BCUT2D eigenvalue weighted by molar-refractivity contribution is 7.98. The zero-order valence-electron chi connectivity index (χ0n) is 15.9. The number of amides is 1. The Labute approximate surface area is 166 Å². The van der Waals surface area contributed by atoms with Gasteiger partial charge in [0, 0.05) is 5.69 Å². The Kier molecular flexibility index (Phi) is 5.04. The lowest BCUT2D eigenvalue weighted by molar-refractivity contribution is 0.0935. The summed E-state index contributed by atoms with van der Waals surface area (Å²) in [6, 6.07) is 9.40. The minimum atomic E-state index is -0.226. The van der Waals surface area contributed by atoms with Gasteiger partial charge in [-0.25, -0.2) is 9.97 Å². The largest absolute Gasteiger partial charge is 0.342 e. The maximum absolute atomic E-state index is 13.2. The van der Waals surface area contributed by atoms with Crippen LogP contribution in [0.3, 0.4) is 0 Å². The monoisotopic (exact) mass is 395 g/mol. The van der Waals surface area contributed by atoms with Crippen molar-refractivity contribution in [2.75, 3.05) is 12.0 Å². The second-order valence-electron chi connectivity index (χ2n) is 6.71. The number of H-pyrrole nitrogens is 1. The van der Waals surface area contributed by atoms with Gasteiger partial charge in [0.1, 0.15) is 5.82 Å². The summed E-state index contributed by atoms with van der Waals surface area (Å²) in [5.41, 5.74) is 4.10. The van der Waals surface area contributed by atoms with E-state index in [1.54, 1.807) is 17.8 Å². The molecule has 0 aliphatic rings. The van der Waals surface area contributed by atoms with Crippen molar-refractivity contribution < 1.29 is 9.32 Å². The molecule has 0 saturated heterocycles. The summed E-state index contributed by atoms with van der Waals surface area (Å²) in [4.78, 5) is 25.5. The third-order valence-electron chi connectivity index (χ3n) is 4.64. The molecule has 1 amide bonds. The van der Waals surface area contributed by atoms with Crippen LogP contribution in [-0.2, 0) is 0 Å². The van der Waals surface area contributed by atoms with Crippen LogP contribution in [0.4, 0.5) is 0 Å². The standard InChI is InChI=1S/C20H21N5O2S/c1-11-10-13(17-12(2)25-27-20(17)21-11)19(26)24-16(8-9-28-3)18-22-14-6-4-5-7-15(14)23-18/h4-7,10,16H,8-9H2,1-3H3,(H,22,23)(H,24,26)/t16-/m1/s1. The number of aromatic amines is 1. The molecule has 8 heteroatoms. The number of aromatic nitrogens is 4. The van der Waals surface area contributed by atoms with Gasteiger partial charge in [0.15, 0.2) is 0 Å². The minimum Gasteiger partial charge on any atom is -0.342 e. The van der Waals surface area contributed by atoms with Crippen molar-refractivity contribution in [3.05, 3.63) is 53.1 Å². The van der Waals surface area contributed by atoms with Crippen LogP contribution >= 0.6 is 11.8 Å². The van der Waals surface area contributed by atoms with Crippen molar-refractivity contribution in [1.82, 2.24) is 25.4 Å². The summed E-state index contributed by atoms with van der Waals surface area (Å²) in [5, 5.41) is 7.74. The number of carbonyl (C=O) groups excluding carboxylic acids is 1. The molecule has 0 spiro atoms. The van der Waals surface area contributed by atoms with Gasteiger partial charge in [-0.1, -0.05) is 17.3 Å². The molecule has 3 heterocycles. The van der Waals surface area contributed by atoms with Crippen molar-refractivity contribution in [3.63, 3.8) is 0 Å². The van der Waals surface area contributed by atoms with Crippen LogP contribution in [0.2, 0.25) is 0 Å². The van der Waals surface area contributed by atoms with E-state index in [2.05, 4.69) is 25.4 Å². The smallest absolute Gasteiger partial charge is 0.258 e. The molecule has 0 aliphatic carbocycles. The van der Waals surface area contributed by atoms with Gasteiger partial charge in [-0.05, 0) is 50.5 Å². The average molecular weight is 395 g/mol. The van der Waals surface area contributed by atoms with E-state index in [-0.39, 0.29) is 11.9 Å². The summed E-state index contributed by atoms with van der Waals surface area (Å²) in [6.45, 7) is 3.64.